The highest BCUT2D eigenvalue weighted by Crippen LogP contribution is 2.35. The number of ether oxygens (including phenoxy) is 2. The second-order valence-corrected chi connectivity index (χ2v) is 5.57. The first kappa shape index (κ1) is 16.3. The number of methoxy groups -OCH3 is 2. The third-order valence-electron chi connectivity index (χ3n) is 4.18. The fourth-order valence-corrected chi connectivity index (χ4v) is 2.96. The highest BCUT2D eigenvalue weighted by atomic mass is 16.5. The summed E-state index contributed by atoms with van der Waals surface area (Å²) in [6.45, 7) is 0. The van der Waals surface area contributed by atoms with Crippen molar-refractivity contribution in [1.29, 1.82) is 0 Å². The monoisotopic (exact) mass is 300 g/mol. The molecule has 0 aliphatic heterocycles. The Kier molecular flexibility index (Phi) is 6.26. The smallest absolute Gasteiger partial charge is 0.330 e. The van der Waals surface area contributed by atoms with Crippen LogP contribution in [-0.2, 0) is 9.53 Å². The van der Waals surface area contributed by atoms with Crippen molar-refractivity contribution in [2.45, 2.75) is 32.1 Å². The number of allylic oxidation sites excluding steroid dienone is 3. The first-order valence-corrected chi connectivity index (χ1v) is 7.85. The van der Waals surface area contributed by atoms with Gasteiger partial charge in [-0.3, -0.25) is 0 Å². The van der Waals surface area contributed by atoms with E-state index in [0.29, 0.717) is 5.92 Å². The van der Waals surface area contributed by atoms with Crippen molar-refractivity contribution < 1.29 is 14.3 Å². The van der Waals surface area contributed by atoms with Crippen molar-refractivity contribution in [1.82, 2.24) is 0 Å². The molecule has 118 valence electrons. The molecule has 0 unspecified atom stereocenters. The van der Waals surface area contributed by atoms with Crippen molar-refractivity contribution in [3.63, 3.8) is 0 Å². The quantitative estimate of drug-likeness (QED) is 0.459. The molecule has 0 atom stereocenters. The Balaban J connectivity index is 2.24. The second-order valence-electron chi connectivity index (χ2n) is 5.57. The van der Waals surface area contributed by atoms with Crippen LogP contribution >= 0.6 is 0 Å². The summed E-state index contributed by atoms with van der Waals surface area (Å²) in [4.78, 5) is 11.2. The van der Waals surface area contributed by atoms with Crippen molar-refractivity contribution >= 4 is 11.5 Å². The van der Waals surface area contributed by atoms with Gasteiger partial charge in [0.2, 0.25) is 0 Å². The van der Waals surface area contributed by atoms with E-state index in [9.17, 15) is 4.79 Å². The zero-order valence-electron chi connectivity index (χ0n) is 13.4. The van der Waals surface area contributed by atoms with E-state index >= 15 is 0 Å². The zero-order chi connectivity index (χ0) is 15.8. The second kappa shape index (κ2) is 8.42. The number of carbonyl (C=O) groups excluding carboxylic acids is 1. The fraction of sp³-hybridized carbons (Fsp3) is 0.421. The summed E-state index contributed by atoms with van der Waals surface area (Å²) in [6.07, 6.45) is 11.6. The van der Waals surface area contributed by atoms with E-state index in [1.807, 2.05) is 12.1 Å². The fourth-order valence-electron chi connectivity index (χ4n) is 2.96. The van der Waals surface area contributed by atoms with Gasteiger partial charge < -0.3 is 9.47 Å². The minimum absolute atomic E-state index is 0.325. The molecular formula is C19H24O3. The molecular weight excluding hydrogens is 276 g/mol. The van der Waals surface area contributed by atoms with Gasteiger partial charge in [0.05, 0.1) is 14.2 Å². The highest BCUT2D eigenvalue weighted by molar-refractivity contribution is 5.82. The Bertz CT molecular complexity index is 534. The molecule has 0 bridgehead atoms. The first-order chi connectivity index (χ1) is 10.7. The van der Waals surface area contributed by atoms with Crippen LogP contribution in [0.5, 0.6) is 5.75 Å². The molecule has 3 nitrogen and oxygen atoms in total. The van der Waals surface area contributed by atoms with Gasteiger partial charge >= 0.3 is 5.97 Å². The van der Waals surface area contributed by atoms with E-state index in [-0.39, 0.29) is 5.97 Å². The van der Waals surface area contributed by atoms with Gasteiger partial charge in [0.15, 0.2) is 0 Å². The highest BCUT2D eigenvalue weighted by Gasteiger charge is 2.18. The predicted molar refractivity (Wildman–Crippen MR) is 88.7 cm³/mol. The molecule has 0 N–H and O–H groups in total. The van der Waals surface area contributed by atoms with Crippen LogP contribution in [0.4, 0.5) is 0 Å². The molecule has 0 radical (unpaired) electrons. The first-order valence-electron chi connectivity index (χ1n) is 7.85. The van der Waals surface area contributed by atoms with Gasteiger partial charge in [-0.1, -0.05) is 43.5 Å². The molecule has 1 aliphatic carbocycles. The summed E-state index contributed by atoms with van der Waals surface area (Å²) in [6, 6.07) is 8.14. The largest absolute Gasteiger partial charge is 0.497 e. The average Bonchev–Trinajstić information content (AvgIpc) is 2.59. The number of benzene rings is 1. The lowest BCUT2D eigenvalue weighted by molar-refractivity contribution is -0.134. The topological polar surface area (TPSA) is 35.5 Å². The van der Waals surface area contributed by atoms with Gasteiger partial charge in [-0.05, 0) is 42.0 Å². The SMILES string of the molecule is COC(=O)/C=C/C=C(/c1ccc(OC)cc1)C1CCCCC1. The summed E-state index contributed by atoms with van der Waals surface area (Å²) < 4.78 is 9.87. The number of hydrogen-bond acceptors (Lipinski definition) is 3. The van der Waals surface area contributed by atoms with E-state index in [1.165, 1.54) is 56.4 Å². The third kappa shape index (κ3) is 4.48. The number of rotatable bonds is 5. The van der Waals surface area contributed by atoms with Crippen LogP contribution < -0.4 is 4.74 Å². The summed E-state index contributed by atoms with van der Waals surface area (Å²) in [5.74, 6) is 1.09. The van der Waals surface area contributed by atoms with Crippen LogP contribution in [-0.4, -0.2) is 20.2 Å². The lowest BCUT2D eigenvalue weighted by atomic mass is 9.81. The van der Waals surface area contributed by atoms with Crippen molar-refractivity contribution in [2.24, 2.45) is 5.92 Å². The zero-order valence-corrected chi connectivity index (χ0v) is 13.4. The molecule has 0 amide bonds. The van der Waals surface area contributed by atoms with Crippen LogP contribution in [0, 0.1) is 5.92 Å². The Morgan fingerprint density at radius 2 is 1.77 bits per heavy atom. The minimum atomic E-state index is -0.325. The van der Waals surface area contributed by atoms with Crippen molar-refractivity contribution in [3.8, 4) is 5.75 Å². The number of hydrogen-bond donors (Lipinski definition) is 0. The normalized spacial score (nSPS) is 16.7. The maximum Gasteiger partial charge on any atom is 0.330 e. The molecule has 3 heteroatoms. The Morgan fingerprint density at radius 1 is 1.09 bits per heavy atom. The molecule has 1 aliphatic rings. The van der Waals surface area contributed by atoms with Crippen molar-refractivity contribution in [2.75, 3.05) is 14.2 Å². The summed E-state index contributed by atoms with van der Waals surface area (Å²) in [7, 11) is 3.06. The van der Waals surface area contributed by atoms with Crippen LogP contribution in [0.2, 0.25) is 0 Å². The van der Waals surface area contributed by atoms with Gasteiger partial charge in [-0.15, -0.1) is 0 Å². The lowest BCUT2D eigenvalue weighted by Crippen LogP contribution is -2.08. The Labute approximate surface area is 132 Å². The molecule has 0 spiro atoms. The number of carbonyl (C=O) groups is 1. The lowest BCUT2D eigenvalue weighted by Gasteiger charge is -2.25. The molecule has 1 saturated carbocycles. The summed E-state index contributed by atoms with van der Waals surface area (Å²) in [5.41, 5.74) is 2.49. The Hall–Kier alpha value is -2.03. The van der Waals surface area contributed by atoms with Gasteiger partial charge in [-0.2, -0.15) is 0 Å². The molecule has 0 heterocycles. The van der Waals surface area contributed by atoms with E-state index in [4.69, 9.17) is 4.74 Å². The molecule has 1 fully saturated rings. The van der Waals surface area contributed by atoms with E-state index < -0.39 is 0 Å². The van der Waals surface area contributed by atoms with E-state index in [0.717, 1.165) is 5.75 Å². The Morgan fingerprint density at radius 3 is 2.36 bits per heavy atom. The standard InChI is InChI=1S/C19H24O3/c1-21-17-13-11-16(12-14-17)18(9-6-10-19(20)22-2)15-7-4-3-5-8-15/h6,9-15H,3-5,7-8H2,1-2H3/b10-6+,18-9+. The van der Waals surface area contributed by atoms with Gasteiger partial charge in [-0.25, -0.2) is 4.79 Å². The molecule has 1 aromatic rings. The molecule has 2 rings (SSSR count). The van der Waals surface area contributed by atoms with E-state index in [2.05, 4.69) is 22.9 Å². The van der Waals surface area contributed by atoms with Gasteiger partial charge in [0, 0.05) is 6.08 Å². The van der Waals surface area contributed by atoms with Crippen molar-refractivity contribution in [3.05, 3.63) is 48.1 Å². The van der Waals surface area contributed by atoms with Crippen LogP contribution in [0.1, 0.15) is 37.7 Å². The molecule has 0 saturated heterocycles. The number of esters is 1. The predicted octanol–water partition coefficient (Wildman–Crippen LogP) is 4.39. The van der Waals surface area contributed by atoms with E-state index in [1.54, 1.807) is 13.2 Å². The summed E-state index contributed by atoms with van der Waals surface area (Å²) >= 11 is 0. The average molecular weight is 300 g/mol. The van der Waals surface area contributed by atoms with Crippen LogP contribution in [0.3, 0.4) is 0 Å². The van der Waals surface area contributed by atoms with Crippen LogP contribution in [0.25, 0.3) is 5.57 Å². The minimum Gasteiger partial charge on any atom is -0.497 e. The maximum absolute atomic E-state index is 11.2. The molecule has 0 aromatic heterocycles. The third-order valence-corrected chi connectivity index (χ3v) is 4.18. The van der Waals surface area contributed by atoms with Gasteiger partial charge in [0.25, 0.3) is 0 Å². The molecule has 1 aromatic carbocycles. The van der Waals surface area contributed by atoms with Crippen LogP contribution in [0.15, 0.2) is 42.5 Å². The summed E-state index contributed by atoms with van der Waals surface area (Å²) in [5, 5.41) is 0. The maximum atomic E-state index is 11.2. The molecule has 22 heavy (non-hydrogen) atoms. The van der Waals surface area contributed by atoms with Gasteiger partial charge in [0.1, 0.15) is 5.75 Å².